The molecule has 0 unspecified atom stereocenters. The molecule has 0 aliphatic heterocycles. The molecule has 0 fully saturated rings. The van der Waals surface area contributed by atoms with Crippen LogP contribution >= 0.6 is 11.6 Å². The number of benzene rings is 2. The number of oxazole rings is 1. The van der Waals surface area contributed by atoms with Crippen molar-refractivity contribution in [1.82, 2.24) is 19.3 Å². The number of halogens is 1. The van der Waals surface area contributed by atoms with E-state index in [9.17, 15) is 13.2 Å². The lowest BCUT2D eigenvalue weighted by Crippen LogP contribution is -2.20. The molecule has 0 saturated carbocycles. The van der Waals surface area contributed by atoms with E-state index in [2.05, 4.69) is 20.0 Å². The fourth-order valence-electron chi connectivity index (χ4n) is 3.25. The molecule has 11 heteroatoms. The first-order valence-corrected chi connectivity index (χ1v) is 12.4. The quantitative estimate of drug-likeness (QED) is 0.361. The smallest absolute Gasteiger partial charge is 0.307 e. The summed E-state index contributed by atoms with van der Waals surface area (Å²) in [5.74, 6) is 0.225. The molecule has 0 saturated heterocycles. The predicted molar refractivity (Wildman–Crippen MR) is 129 cm³/mol. The first-order valence-electron chi connectivity index (χ1n) is 10.4. The highest BCUT2D eigenvalue weighted by molar-refractivity contribution is 7.88. The number of amides is 1. The van der Waals surface area contributed by atoms with Crippen LogP contribution in [0.2, 0.25) is 5.02 Å². The number of anilines is 1. The fourth-order valence-corrected chi connectivity index (χ4v) is 4.15. The van der Waals surface area contributed by atoms with Gasteiger partial charge in [0.25, 0.3) is 0 Å². The van der Waals surface area contributed by atoms with Crippen LogP contribution in [0.15, 0.2) is 71.7 Å². The summed E-state index contributed by atoms with van der Waals surface area (Å²) in [6.07, 6.45) is 5.41. The van der Waals surface area contributed by atoms with Crippen molar-refractivity contribution in [2.24, 2.45) is 0 Å². The average molecular weight is 500 g/mol. The third-order valence-electron chi connectivity index (χ3n) is 5.01. The molecule has 0 radical (unpaired) electrons. The lowest BCUT2D eigenvalue weighted by molar-refractivity contribution is -0.116. The molecule has 4 rings (SSSR count). The van der Waals surface area contributed by atoms with Crippen molar-refractivity contribution in [2.75, 3.05) is 12.4 Å². The third-order valence-corrected chi connectivity index (χ3v) is 6.60. The Balaban J connectivity index is 1.45. The molecule has 176 valence electrons. The minimum absolute atomic E-state index is 0.129. The average Bonchev–Trinajstić information content (AvgIpc) is 3.50. The summed E-state index contributed by atoms with van der Waals surface area (Å²) < 4.78 is 33.2. The number of nitrogens with zero attached hydrogens (tertiary/aromatic N) is 3. The van der Waals surface area contributed by atoms with E-state index in [1.165, 1.54) is 7.05 Å². The SMILES string of the molecule is CNS(=O)(=O)Cc1ccc(NC(=O)CCc2oc(-n3ccnc3)nc2-c2ccc(Cl)cc2)cc1. The van der Waals surface area contributed by atoms with Crippen LogP contribution in [-0.4, -0.2) is 35.9 Å². The van der Waals surface area contributed by atoms with Crippen molar-refractivity contribution in [3.8, 4) is 17.3 Å². The maximum absolute atomic E-state index is 12.6. The highest BCUT2D eigenvalue weighted by Gasteiger charge is 2.18. The molecular formula is C23H22ClN5O4S. The number of carbonyl (C=O) groups is 1. The van der Waals surface area contributed by atoms with Crippen LogP contribution in [0.1, 0.15) is 17.7 Å². The van der Waals surface area contributed by atoms with Gasteiger partial charge in [0.15, 0.2) is 0 Å². The van der Waals surface area contributed by atoms with Gasteiger partial charge in [0.05, 0.1) is 5.75 Å². The minimum atomic E-state index is -3.36. The number of aromatic nitrogens is 3. The van der Waals surface area contributed by atoms with Crippen molar-refractivity contribution in [3.63, 3.8) is 0 Å². The normalized spacial score (nSPS) is 11.5. The third kappa shape index (κ3) is 5.90. The zero-order valence-corrected chi connectivity index (χ0v) is 19.8. The molecule has 34 heavy (non-hydrogen) atoms. The van der Waals surface area contributed by atoms with Crippen molar-refractivity contribution >= 4 is 33.2 Å². The fraction of sp³-hybridized carbons (Fsp3) is 0.174. The van der Waals surface area contributed by atoms with E-state index in [0.717, 1.165) is 5.56 Å². The van der Waals surface area contributed by atoms with Gasteiger partial charge in [0.1, 0.15) is 17.8 Å². The van der Waals surface area contributed by atoms with E-state index in [1.807, 2.05) is 12.1 Å². The summed E-state index contributed by atoms with van der Waals surface area (Å²) in [6, 6.07) is 14.2. The number of rotatable bonds is 9. The number of hydrogen-bond donors (Lipinski definition) is 2. The van der Waals surface area contributed by atoms with Crippen molar-refractivity contribution in [1.29, 1.82) is 0 Å². The number of nitrogens with one attached hydrogen (secondary N) is 2. The summed E-state index contributed by atoms with van der Waals surface area (Å²) in [4.78, 5) is 21.2. The maximum Gasteiger partial charge on any atom is 0.307 e. The first kappa shape index (κ1) is 23.7. The van der Waals surface area contributed by atoms with Crippen LogP contribution in [0, 0.1) is 0 Å². The topological polar surface area (TPSA) is 119 Å². The summed E-state index contributed by atoms with van der Waals surface area (Å²) in [5.41, 5.74) is 2.64. The van der Waals surface area contributed by atoms with E-state index in [1.54, 1.807) is 59.7 Å². The summed E-state index contributed by atoms with van der Waals surface area (Å²) in [5, 5.41) is 3.43. The Kier molecular flexibility index (Phi) is 7.11. The standard InChI is InChI=1S/C23H22ClN5O4S/c1-25-34(31,32)14-16-2-8-19(9-3-16)27-21(30)11-10-20-22(17-4-6-18(24)7-5-17)28-23(33-20)29-13-12-26-15-29/h2-9,12-13,15,25H,10-11,14H2,1H3,(H,27,30). The van der Waals surface area contributed by atoms with Gasteiger partial charge in [-0.2, -0.15) is 4.98 Å². The Morgan fingerprint density at radius 3 is 2.50 bits per heavy atom. The largest absolute Gasteiger partial charge is 0.427 e. The van der Waals surface area contributed by atoms with Crippen molar-refractivity contribution in [3.05, 3.63) is 83.6 Å². The van der Waals surface area contributed by atoms with Gasteiger partial charge < -0.3 is 9.73 Å². The molecule has 2 heterocycles. The zero-order chi connectivity index (χ0) is 24.1. The second-order valence-electron chi connectivity index (χ2n) is 7.45. The van der Waals surface area contributed by atoms with Gasteiger partial charge in [0, 0.05) is 41.5 Å². The van der Waals surface area contributed by atoms with Crippen LogP contribution in [0.25, 0.3) is 17.3 Å². The molecule has 1 amide bonds. The van der Waals surface area contributed by atoms with Crippen LogP contribution in [0.4, 0.5) is 5.69 Å². The molecule has 2 aromatic carbocycles. The van der Waals surface area contributed by atoms with Gasteiger partial charge in [-0.25, -0.2) is 18.1 Å². The second-order valence-corrected chi connectivity index (χ2v) is 9.82. The zero-order valence-electron chi connectivity index (χ0n) is 18.2. The molecule has 0 aliphatic rings. The molecule has 0 atom stereocenters. The summed E-state index contributed by atoms with van der Waals surface area (Å²) >= 11 is 6.01. The van der Waals surface area contributed by atoms with Gasteiger partial charge >= 0.3 is 6.01 Å². The second kappa shape index (κ2) is 10.2. The Hall–Kier alpha value is -3.47. The maximum atomic E-state index is 12.6. The minimum Gasteiger partial charge on any atom is -0.427 e. The lowest BCUT2D eigenvalue weighted by atomic mass is 10.1. The van der Waals surface area contributed by atoms with Gasteiger partial charge in [0.2, 0.25) is 15.9 Å². The van der Waals surface area contributed by atoms with E-state index in [-0.39, 0.29) is 18.1 Å². The monoisotopic (exact) mass is 499 g/mol. The number of imidazole rings is 1. The van der Waals surface area contributed by atoms with E-state index < -0.39 is 10.0 Å². The molecule has 4 aromatic rings. The molecule has 2 N–H and O–H groups in total. The first-order chi connectivity index (χ1) is 16.3. The predicted octanol–water partition coefficient (Wildman–Crippen LogP) is 3.80. The highest BCUT2D eigenvalue weighted by atomic mass is 35.5. The Bertz CT molecular complexity index is 1370. The van der Waals surface area contributed by atoms with Crippen LogP contribution in [0.3, 0.4) is 0 Å². The van der Waals surface area contributed by atoms with Gasteiger partial charge in [-0.05, 0) is 36.9 Å². The lowest BCUT2D eigenvalue weighted by Gasteiger charge is -2.07. The van der Waals surface area contributed by atoms with Crippen LogP contribution in [0.5, 0.6) is 0 Å². The van der Waals surface area contributed by atoms with E-state index in [4.69, 9.17) is 16.0 Å². The van der Waals surface area contributed by atoms with Crippen molar-refractivity contribution < 1.29 is 17.6 Å². The molecule has 2 aromatic heterocycles. The van der Waals surface area contributed by atoms with Gasteiger partial charge in [-0.15, -0.1) is 0 Å². The number of sulfonamides is 1. The van der Waals surface area contributed by atoms with E-state index >= 15 is 0 Å². The summed E-state index contributed by atoms with van der Waals surface area (Å²) in [6.45, 7) is 0. The number of carbonyl (C=O) groups excluding carboxylic acids is 1. The molecule has 9 nitrogen and oxygen atoms in total. The Labute approximate surface area is 201 Å². The Morgan fingerprint density at radius 2 is 1.85 bits per heavy atom. The number of aryl methyl sites for hydroxylation is 1. The van der Waals surface area contributed by atoms with Gasteiger partial charge in [-0.1, -0.05) is 35.9 Å². The van der Waals surface area contributed by atoms with Crippen LogP contribution < -0.4 is 10.0 Å². The molecule has 0 spiro atoms. The molecule has 0 bridgehead atoms. The highest BCUT2D eigenvalue weighted by Crippen LogP contribution is 2.28. The molecule has 0 aliphatic carbocycles. The Morgan fingerprint density at radius 1 is 1.12 bits per heavy atom. The number of hydrogen-bond acceptors (Lipinski definition) is 6. The van der Waals surface area contributed by atoms with Crippen molar-refractivity contribution in [2.45, 2.75) is 18.6 Å². The summed E-state index contributed by atoms with van der Waals surface area (Å²) in [7, 11) is -1.99. The van der Waals surface area contributed by atoms with Gasteiger partial charge in [-0.3, -0.25) is 9.36 Å². The molecular weight excluding hydrogens is 478 g/mol. The van der Waals surface area contributed by atoms with E-state index in [0.29, 0.717) is 40.2 Å². The van der Waals surface area contributed by atoms with Crippen LogP contribution in [-0.2, 0) is 27.0 Å².